The second kappa shape index (κ2) is 6.51. The second-order valence-corrected chi connectivity index (χ2v) is 9.74. The number of anilines is 1. The zero-order chi connectivity index (χ0) is 17.6. The Balaban J connectivity index is 1.81. The molecule has 0 aromatic carbocycles. The first-order chi connectivity index (χ1) is 12.0. The van der Waals surface area contributed by atoms with E-state index in [2.05, 4.69) is 37.9 Å². The van der Waals surface area contributed by atoms with E-state index in [9.17, 15) is 0 Å². The van der Waals surface area contributed by atoms with Crippen LogP contribution in [-0.4, -0.2) is 36.1 Å². The van der Waals surface area contributed by atoms with E-state index < -0.39 is 0 Å². The summed E-state index contributed by atoms with van der Waals surface area (Å²) < 4.78 is 0. The van der Waals surface area contributed by atoms with E-state index in [1.54, 1.807) is 10.4 Å². The maximum absolute atomic E-state index is 5.00. The van der Waals surface area contributed by atoms with Gasteiger partial charge in [0.1, 0.15) is 16.5 Å². The number of nitrogens with zero attached hydrogens (tertiary/aromatic N) is 3. The fraction of sp³-hybridized carbons (Fsp3) is 0.700. The Morgan fingerprint density at radius 1 is 1.20 bits per heavy atom. The molecular weight excluding hydrogens is 328 g/mol. The lowest BCUT2D eigenvalue weighted by Crippen LogP contribution is -2.89. The van der Waals surface area contributed by atoms with Crippen LogP contribution in [0, 0.1) is 11.3 Å². The van der Waals surface area contributed by atoms with Crippen LogP contribution >= 0.6 is 11.3 Å². The predicted octanol–water partition coefficient (Wildman–Crippen LogP) is 2.79. The molecule has 1 saturated heterocycles. The summed E-state index contributed by atoms with van der Waals surface area (Å²) in [4.78, 5) is 15.2. The van der Waals surface area contributed by atoms with Crippen LogP contribution in [0.5, 0.6) is 0 Å². The topological polar surface area (TPSA) is 45.6 Å². The molecule has 4 rings (SSSR count). The van der Waals surface area contributed by atoms with Crippen molar-refractivity contribution in [2.24, 2.45) is 11.3 Å². The summed E-state index contributed by atoms with van der Waals surface area (Å²) in [6, 6.07) is 0. The third-order valence-corrected chi connectivity index (χ3v) is 7.13. The summed E-state index contributed by atoms with van der Waals surface area (Å²) in [6.07, 6.45) is 4.62. The van der Waals surface area contributed by atoms with Gasteiger partial charge in [-0.1, -0.05) is 27.7 Å². The highest BCUT2D eigenvalue weighted by molar-refractivity contribution is 7.19. The van der Waals surface area contributed by atoms with Crippen molar-refractivity contribution >= 4 is 27.4 Å². The lowest BCUT2D eigenvalue weighted by Gasteiger charge is -2.34. The molecule has 5 heteroatoms. The molecule has 0 saturated carbocycles. The molecule has 4 nitrogen and oxygen atoms in total. The van der Waals surface area contributed by atoms with Crippen molar-refractivity contribution in [1.29, 1.82) is 0 Å². The Morgan fingerprint density at radius 3 is 2.64 bits per heavy atom. The second-order valence-electron chi connectivity index (χ2n) is 8.66. The molecule has 2 N–H and O–H groups in total. The van der Waals surface area contributed by atoms with E-state index in [-0.39, 0.29) is 0 Å². The van der Waals surface area contributed by atoms with Gasteiger partial charge in [0.2, 0.25) is 0 Å². The smallest absolute Gasteiger partial charge is 0.141 e. The number of hydrogen-bond acceptors (Lipinski definition) is 4. The van der Waals surface area contributed by atoms with Gasteiger partial charge in [-0.2, -0.15) is 0 Å². The Hall–Kier alpha value is -1.20. The Morgan fingerprint density at radius 2 is 1.96 bits per heavy atom. The van der Waals surface area contributed by atoms with Crippen molar-refractivity contribution in [3.63, 3.8) is 0 Å². The average Bonchev–Trinajstić information content (AvgIpc) is 2.98. The summed E-state index contributed by atoms with van der Waals surface area (Å²) >= 11 is 1.94. The third kappa shape index (κ3) is 3.17. The quantitative estimate of drug-likeness (QED) is 0.897. The lowest BCUT2D eigenvalue weighted by molar-refractivity contribution is -0.655. The molecule has 136 valence electrons. The number of nitrogens with two attached hydrogens (primary N) is 1. The number of fused-ring (bicyclic) bond motifs is 3. The molecule has 0 bridgehead atoms. The summed E-state index contributed by atoms with van der Waals surface area (Å²) in [5.41, 5.74) is 1.95. The zero-order valence-corrected chi connectivity index (χ0v) is 16.9. The highest BCUT2D eigenvalue weighted by atomic mass is 32.1. The van der Waals surface area contributed by atoms with Gasteiger partial charge in [-0.15, -0.1) is 11.3 Å². The SMILES string of the molecule is CCc1nc(N2CC[NH2+]CC2)c2c3c(sc2n1)C[C@@H](C(C)(C)C)CC3. The zero-order valence-electron chi connectivity index (χ0n) is 16.1. The summed E-state index contributed by atoms with van der Waals surface area (Å²) in [5.74, 6) is 3.00. The van der Waals surface area contributed by atoms with Gasteiger partial charge in [-0.05, 0) is 36.2 Å². The molecule has 25 heavy (non-hydrogen) atoms. The molecule has 1 fully saturated rings. The van der Waals surface area contributed by atoms with Crippen LogP contribution in [0.25, 0.3) is 10.2 Å². The fourth-order valence-corrected chi connectivity index (χ4v) is 5.60. The first kappa shape index (κ1) is 17.2. The van der Waals surface area contributed by atoms with Crippen molar-refractivity contribution in [1.82, 2.24) is 9.97 Å². The molecule has 0 amide bonds. The number of aryl methyl sites for hydroxylation is 2. The van der Waals surface area contributed by atoms with Gasteiger partial charge >= 0.3 is 0 Å². The summed E-state index contributed by atoms with van der Waals surface area (Å²) in [5, 5.41) is 3.79. The molecule has 1 aliphatic carbocycles. The van der Waals surface area contributed by atoms with Crippen LogP contribution in [0.15, 0.2) is 0 Å². The summed E-state index contributed by atoms with van der Waals surface area (Å²) in [7, 11) is 0. The number of quaternary nitrogens is 1. The maximum Gasteiger partial charge on any atom is 0.141 e. The summed E-state index contributed by atoms with van der Waals surface area (Å²) in [6.45, 7) is 13.9. The van der Waals surface area contributed by atoms with Gasteiger partial charge in [-0.3, -0.25) is 0 Å². The first-order valence-electron chi connectivity index (χ1n) is 9.85. The molecule has 2 aromatic heterocycles. The van der Waals surface area contributed by atoms with E-state index in [1.807, 2.05) is 11.3 Å². The number of piperazine rings is 1. The van der Waals surface area contributed by atoms with Crippen LogP contribution in [-0.2, 0) is 19.3 Å². The minimum atomic E-state index is 0.389. The van der Waals surface area contributed by atoms with Gasteiger partial charge in [0.05, 0.1) is 31.6 Å². The number of aromatic nitrogens is 2. The van der Waals surface area contributed by atoms with Gasteiger partial charge in [0.15, 0.2) is 0 Å². The maximum atomic E-state index is 5.00. The Kier molecular flexibility index (Phi) is 4.49. The highest BCUT2D eigenvalue weighted by Crippen LogP contribution is 2.45. The fourth-order valence-electron chi connectivity index (χ4n) is 4.29. The number of thiophene rings is 1. The van der Waals surface area contributed by atoms with Crippen LogP contribution < -0.4 is 10.2 Å². The molecule has 0 radical (unpaired) electrons. The van der Waals surface area contributed by atoms with E-state index in [0.29, 0.717) is 5.41 Å². The van der Waals surface area contributed by atoms with Gasteiger partial charge in [0, 0.05) is 11.3 Å². The largest absolute Gasteiger partial charge is 0.345 e. The minimum absolute atomic E-state index is 0.389. The van der Waals surface area contributed by atoms with E-state index in [1.165, 1.54) is 48.4 Å². The van der Waals surface area contributed by atoms with E-state index in [4.69, 9.17) is 9.97 Å². The van der Waals surface area contributed by atoms with Crippen molar-refractivity contribution in [2.75, 3.05) is 31.1 Å². The van der Waals surface area contributed by atoms with Gasteiger partial charge in [0.25, 0.3) is 0 Å². The van der Waals surface area contributed by atoms with E-state index in [0.717, 1.165) is 31.3 Å². The Labute approximate surface area is 155 Å². The molecule has 0 unspecified atom stereocenters. The van der Waals surface area contributed by atoms with Crippen LogP contribution in [0.3, 0.4) is 0 Å². The third-order valence-electron chi connectivity index (χ3n) is 5.98. The normalized spacial score (nSPS) is 21.6. The average molecular weight is 360 g/mol. The molecule has 1 aliphatic heterocycles. The van der Waals surface area contributed by atoms with Crippen LogP contribution in [0.1, 0.15) is 50.4 Å². The van der Waals surface area contributed by atoms with Crippen LogP contribution in [0.4, 0.5) is 5.82 Å². The predicted molar refractivity (Wildman–Crippen MR) is 106 cm³/mol. The molecule has 1 atom stereocenters. The molecule has 2 aliphatic rings. The molecule has 0 spiro atoms. The number of hydrogen-bond donors (Lipinski definition) is 1. The molecule has 2 aromatic rings. The monoisotopic (exact) mass is 359 g/mol. The van der Waals surface area contributed by atoms with Crippen LogP contribution in [0.2, 0.25) is 0 Å². The molecule has 3 heterocycles. The standard InChI is InChI=1S/C20H30N4S/c1-5-16-22-18(24-10-8-21-9-11-24)17-14-7-6-13(20(2,3)4)12-15(14)25-19(17)23-16/h13,21H,5-12H2,1-4H3/p+1/t13-/m0/s1. The van der Waals surface area contributed by atoms with E-state index >= 15 is 0 Å². The van der Waals surface area contributed by atoms with Crippen molar-refractivity contribution in [3.8, 4) is 0 Å². The first-order valence-corrected chi connectivity index (χ1v) is 10.7. The van der Waals surface area contributed by atoms with Gasteiger partial charge in [-0.25, -0.2) is 9.97 Å². The number of rotatable bonds is 2. The Bertz CT molecular complexity index is 768. The van der Waals surface area contributed by atoms with Crippen molar-refractivity contribution in [2.45, 2.75) is 53.4 Å². The lowest BCUT2D eigenvalue weighted by atomic mass is 9.72. The van der Waals surface area contributed by atoms with Gasteiger partial charge < -0.3 is 10.2 Å². The minimum Gasteiger partial charge on any atom is -0.345 e. The van der Waals surface area contributed by atoms with Crippen molar-refractivity contribution < 1.29 is 5.32 Å². The van der Waals surface area contributed by atoms with Crippen molar-refractivity contribution in [3.05, 3.63) is 16.3 Å². The highest BCUT2D eigenvalue weighted by Gasteiger charge is 2.32. The molecular formula is C20H31N4S+.